The Morgan fingerprint density at radius 2 is 2.24 bits per heavy atom. The van der Waals surface area contributed by atoms with Crippen LogP contribution in [0.4, 0.5) is 0 Å². The summed E-state index contributed by atoms with van der Waals surface area (Å²) in [5.74, 6) is -0.573. The van der Waals surface area contributed by atoms with Crippen LogP contribution in [-0.4, -0.2) is 30.0 Å². The Labute approximate surface area is 108 Å². The van der Waals surface area contributed by atoms with Gasteiger partial charge in [-0.2, -0.15) is 0 Å². The lowest BCUT2D eigenvalue weighted by atomic mass is 10.2. The maximum Gasteiger partial charge on any atom is 0.307 e. The van der Waals surface area contributed by atoms with Crippen molar-refractivity contribution in [3.8, 4) is 0 Å². The molecule has 5 nitrogen and oxygen atoms in total. The lowest BCUT2D eigenvalue weighted by molar-refractivity contribution is -0.142. The van der Waals surface area contributed by atoms with E-state index in [2.05, 4.69) is 26.2 Å². The van der Waals surface area contributed by atoms with E-state index < -0.39 is 0 Å². The normalized spacial score (nSPS) is 9.76. The molecular formula is C11H13BrN2O3. The average Bonchev–Trinajstić information content (AvgIpc) is 2.30. The van der Waals surface area contributed by atoms with Gasteiger partial charge < -0.3 is 10.1 Å². The van der Waals surface area contributed by atoms with Crippen LogP contribution in [0, 0.1) is 0 Å². The van der Waals surface area contributed by atoms with E-state index in [4.69, 9.17) is 4.74 Å². The lowest BCUT2D eigenvalue weighted by Crippen LogP contribution is -2.26. The first-order valence-electron chi connectivity index (χ1n) is 5.19. The summed E-state index contributed by atoms with van der Waals surface area (Å²) in [4.78, 5) is 26.5. The minimum atomic E-state index is -0.318. The fourth-order valence-corrected chi connectivity index (χ4v) is 1.36. The van der Waals surface area contributed by atoms with Crippen LogP contribution in [0.2, 0.25) is 0 Å². The van der Waals surface area contributed by atoms with Gasteiger partial charge in [-0.1, -0.05) is 0 Å². The molecule has 0 aliphatic heterocycles. The Morgan fingerprint density at radius 1 is 1.47 bits per heavy atom. The minimum Gasteiger partial charge on any atom is -0.466 e. The Balaban J connectivity index is 2.35. The Hall–Kier alpha value is -1.43. The molecule has 17 heavy (non-hydrogen) atoms. The second kappa shape index (κ2) is 7.01. The molecule has 0 aliphatic rings. The molecule has 1 aromatic rings. The summed E-state index contributed by atoms with van der Waals surface area (Å²) in [6.07, 6.45) is 1.63. The summed E-state index contributed by atoms with van der Waals surface area (Å²) in [6.45, 7) is 2.35. The number of rotatable bonds is 5. The van der Waals surface area contributed by atoms with Crippen molar-refractivity contribution in [2.24, 2.45) is 0 Å². The van der Waals surface area contributed by atoms with Gasteiger partial charge in [0.15, 0.2) is 0 Å². The van der Waals surface area contributed by atoms with Gasteiger partial charge in [-0.05, 0) is 35.0 Å². The van der Waals surface area contributed by atoms with Gasteiger partial charge >= 0.3 is 5.97 Å². The summed E-state index contributed by atoms with van der Waals surface area (Å²) in [5, 5.41) is 2.61. The molecule has 0 saturated heterocycles. The maximum atomic E-state index is 11.6. The first kappa shape index (κ1) is 13.6. The Kier molecular flexibility index (Phi) is 5.62. The molecule has 0 aliphatic carbocycles. The van der Waals surface area contributed by atoms with Crippen LogP contribution < -0.4 is 5.32 Å². The van der Waals surface area contributed by atoms with E-state index in [9.17, 15) is 9.59 Å². The summed E-state index contributed by atoms with van der Waals surface area (Å²) < 4.78 is 5.40. The van der Waals surface area contributed by atoms with Crippen LogP contribution in [0.5, 0.6) is 0 Å². The molecule has 0 atom stereocenters. The van der Waals surface area contributed by atoms with Gasteiger partial charge in [0.25, 0.3) is 5.91 Å². The number of pyridine rings is 1. The molecule has 6 heteroatoms. The van der Waals surface area contributed by atoms with Gasteiger partial charge in [0.2, 0.25) is 0 Å². The van der Waals surface area contributed by atoms with Crippen LogP contribution in [0.1, 0.15) is 23.7 Å². The fraction of sp³-hybridized carbons (Fsp3) is 0.364. The lowest BCUT2D eigenvalue weighted by Gasteiger charge is -2.04. The molecule has 1 N–H and O–H groups in total. The molecule has 1 rings (SSSR count). The van der Waals surface area contributed by atoms with E-state index in [1.807, 2.05) is 0 Å². The van der Waals surface area contributed by atoms with Gasteiger partial charge in [-0.25, -0.2) is 4.98 Å². The molecule has 1 amide bonds. The molecule has 0 aromatic carbocycles. The zero-order valence-electron chi connectivity index (χ0n) is 9.40. The minimum absolute atomic E-state index is 0.170. The van der Waals surface area contributed by atoms with Gasteiger partial charge in [0, 0.05) is 12.7 Å². The van der Waals surface area contributed by atoms with E-state index in [1.54, 1.807) is 19.1 Å². The van der Waals surface area contributed by atoms with Gasteiger partial charge in [-0.15, -0.1) is 0 Å². The average molecular weight is 301 g/mol. The standard InChI is InChI=1S/C11H13BrN2O3/c1-2-17-10(15)5-6-13-11(16)8-3-4-9(12)14-7-8/h3-4,7H,2,5-6H2,1H3,(H,13,16). The monoisotopic (exact) mass is 300 g/mol. The number of amides is 1. The number of nitrogens with one attached hydrogen (secondary N) is 1. The van der Waals surface area contributed by atoms with Crippen LogP contribution >= 0.6 is 15.9 Å². The van der Waals surface area contributed by atoms with Crippen molar-refractivity contribution in [1.82, 2.24) is 10.3 Å². The highest BCUT2D eigenvalue weighted by Crippen LogP contribution is 2.05. The number of esters is 1. The molecule has 0 bridgehead atoms. The van der Waals surface area contributed by atoms with E-state index >= 15 is 0 Å². The summed E-state index contributed by atoms with van der Waals surface area (Å²) >= 11 is 3.18. The number of carbonyl (C=O) groups excluding carboxylic acids is 2. The third-order valence-corrected chi connectivity index (χ3v) is 2.38. The molecule has 0 unspecified atom stereocenters. The van der Waals surface area contributed by atoms with Crippen molar-refractivity contribution in [3.63, 3.8) is 0 Å². The van der Waals surface area contributed by atoms with Crippen LogP contribution in [0.3, 0.4) is 0 Å². The van der Waals surface area contributed by atoms with Gasteiger partial charge in [0.1, 0.15) is 4.60 Å². The SMILES string of the molecule is CCOC(=O)CCNC(=O)c1ccc(Br)nc1. The predicted octanol–water partition coefficient (Wildman–Crippen LogP) is 1.53. The Bertz CT molecular complexity index is 392. The second-order valence-corrected chi connectivity index (χ2v) is 3.99. The van der Waals surface area contributed by atoms with Crippen molar-refractivity contribution < 1.29 is 14.3 Å². The quantitative estimate of drug-likeness (QED) is 0.661. The highest BCUT2D eigenvalue weighted by molar-refractivity contribution is 9.10. The number of hydrogen-bond acceptors (Lipinski definition) is 4. The van der Waals surface area contributed by atoms with Crippen molar-refractivity contribution >= 4 is 27.8 Å². The molecule has 0 saturated carbocycles. The number of ether oxygens (including phenoxy) is 1. The third kappa shape index (κ3) is 4.95. The number of hydrogen-bond donors (Lipinski definition) is 1. The molecule has 0 spiro atoms. The van der Waals surface area contributed by atoms with E-state index in [0.29, 0.717) is 16.8 Å². The van der Waals surface area contributed by atoms with Gasteiger partial charge in [0.05, 0.1) is 18.6 Å². The zero-order valence-corrected chi connectivity index (χ0v) is 11.0. The Morgan fingerprint density at radius 3 is 2.82 bits per heavy atom. The highest BCUT2D eigenvalue weighted by Gasteiger charge is 2.07. The van der Waals surface area contributed by atoms with Crippen molar-refractivity contribution in [1.29, 1.82) is 0 Å². The van der Waals surface area contributed by atoms with Crippen molar-refractivity contribution in [2.45, 2.75) is 13.3 Å². The molecule has 0 fully saturated rings. The van der Waals surface area contributed by atoms with E-state index in [-0.39, 0.29) is 24.8 Å². The molecule has 92 valence electrons. The van der Waals surface area contributed by atoms with Crippen LogP contribution in [0.25, 0.3) is 0 Å². The maximum absolute atomic E-state index is 11.6. The highest BCUT2D eigenvalue weighted by atomic mass is 79.9. The van der Waals surface area contributed by atoms with Crippen LogP contribution in [-0.2, 0) is 9.53 Å². The number of halogens is 1. The summed E-state index contributed by atoms with van der Waals surface area (Å²) in [5.41, 5.74) is 0.456. The van der Waals surface area contributed by atoms with Crippen molar-refractivity contribution in [2.75, 3.05) is 13.2 Å². The fourth-order valence-electron chi connectivity index (χ4n) is 1.12. The number of nitrogens with zero attached hydrogens (tertiary/aromatic N) is 1. The molecule has 1 heterocycles. The van der Waals surface area contributed by atoms with Crippen molar-refractivity contribution in [3.05, 3.63) is 28.5 Å². The molecular weight excluding hydrogens is 288 g/mol. The smallest absolute Gasteiger partial charge is 0.307 e. The molecule has 0 radical (unpaired) electrons. The predicted molar refractivity (Wildman–Crippen MR) is 65.5 cm³/mol. The van der Waals surface area contributed by atoms with E-state index in [1.165, 1.54) is 6.20 Å². The largest absolute Gasteiger partial charge is 0.466 e. The molecule has 1 aromatic heterocycles. The zero-order chi connectivity index (χ0) is 12.7. The van der Waals surface area contributed by atoms with E-state index in [0.717, 1.165) is 0 Å². The first-order chi connectivity index (χ1) is 8.13. The first-order valence-corrected chi connectivity index (χ1v) is 5.98. The van der Waals surface area contributed by atoms with Gasteiger partial charge in [-0.3, -0.25) is 9.59 Å². The number of aromatic nitrogens is 1. The third-order valence-electron chi connectivity index (χ3n) is 1.91. The summed E-state index contributed by atoms with van der Waals surface area (Å²) in [6, 6.07) is 3.33. The summed E-state index contributed by atoms with van der Waals surface area (Å²) in [7, 11) is 0. The van der Waals surface area contributed by atoms with Crippen LogP contribution in [0.15, 0.2) is 22.9 Å². The second-order valence-electron chi connectivity index (χ2n) is 3.18. The number of carbonyl (C=O) groups is 2. The topological polar surface area (TPSA) is 68.3 Å².